The lowest BCUT2D eigenvalue weighted by Crippen LogP contribution is -2.39. The van der Waals surface area contributed by atoms with Crippen LogP contribution in [0.5, 0.6) is 0 Å². The molecule has 5 heteroatoms. The molecule has 5 nitrogen and oxygen atoms in total. The van der Waals surface area contributed by atoms with Gasteiger partial charge in [0.15, 0.2) is 0 Å². The Morgan fingerprint density at radius 3 is 2.67 bits per heavy atom. The van der Waals surface area contributed by atoms with E-state index in [1.165, 1.54) is 18.1 Å². The molecule has 1 amide bonds. The zero-order chi connectivity index (χ0) is 15.8. The van der Waals surface area contributed by atoms with E-state index in [0.717, 1.165) is 0 Å². The summed E-state index contributed by atoms with van der Waals surface area (Å²) in [6, 6.07) is 1.51. The highest BCUT2D eigenvalue weighted by Gasteiger charge is 2.20. The fourth-order valence-electron chi connectivity index (χ4n) is 1.99. The highest BCUT2D eigenvalue weighted by molar-refractivity contribution is 5.93. The molecule has 0 aliphatic heterocycles. The SMILES string of the molecule is CC(C)=CC[C@H](NC(=O)c1ccoc1)[C@H](C)CCC(=O)O. The fourth-order valence-corrected chi connectivity index (χ4v) is 1.99. The summed E-state index contributed by atoms with van der Waals surface area (Å²) in [5, 5.41) is 11.7. The smallest absolute Gasteiger partial charge is 0.303 e. The molecule has 21 heavy (non-hydrogen) atoms. The van der Waals surface area contributed by atoms with Gasteiger partial charge in [-0.2, -0.15) is 0 Å². The first kappa shape index (κ1) is 17.0. The van der Waals surface area contributed by atoms with E-state index in [1.54, 1.807) is 6.07 Å². The van der Waals surface area contributed by atoms with Crippen molar-refractivity contribution in [2.45, 2.75) is 46.1 Å². The predicted molar refractivity (Wildman–Crippen MR) is 80.0 cm³/mol. The lowest BCUT2D eigenvalue weighted by molar-refractivity contribution is -0.137. The van der Waals surface area contributed by atoms with Gasteiger partial charge < -0.3 is 14.8 Å². The molecule has 0 saturated carbocycles. The molecule has 0 aliphatic carbocycles. The van der Waals surface area contributed by atoms with Gasteiger partial charge in [-0.1, -0.05) is 18.6 Å². The Kier molecular flexibility index (Phi) is 6.72. The van der Waals surface area contributed by atoms with Crippen molar-refractivity contribution in [3.63, 3.8) is 0 Å². The van der Waals surface area contributed by atoms with Crippen molar-refractivity contribution in [3.05, 3.63) is 35.8 Å². The van der Waals surface area contributed by atoms with Crippen LogP contribution in [0.3, 0.4) is 0 Å². The van der Waals surface area contributed by atoms with E-state index in [2.05, 4.69) is 11.4 Å². The van der Waals surface area contributed by atoms with Gasteiger partial charge in [0.2, 0.25) is 0 Å². The number of amides is 1. The number of carboxylic acid groups (broad SMARTS) is 1. The highest BCUT2D eigenvalue weighted by atomic mass is 16.4. The number of nitrogens with one attached hydrogen (secondary N) is 1. The van der Waals surface area contributed by atoms with Crippen LogP contribution in [-0.4, -0.2) is 23.0 Å². The second-order valence-electron chi connectivity index (χ2n) is 5.52. The van der Waals surface area contributed by atoms with E-state index in [-0.39, 0.29) is 24.3 Å². The van der Waals surface area contributed by atoms with Crippen LogP contribution >= 0.6 is 0 Å². The topological polar surface area (TPSA) is 79.5 Å². The van der Waals surface area contributed by atoms with Gasteiger partial charge in [-0.25, -0.2) is 0 Å². The van der Waals surface area contributed by atoms with E-state index in [9.17, 15) is 9.59 Å². The molecule has 0 bridgehead atoms. The van der Waals surface area contributed by atoms with Crippen LogP contribution in [0.25, 0.3) is 0 Å². The molecule has 2 N–H and O–H groups in total. The van der Waals surface area contributed by atoms with E-state index >= 15 is 0 Å². The maximum atomic E-state index is 12.1. The normalized spacial score (nSPS) is 13.3. The molecule has 0 fully saturated rings. The Labute approximate surface area is 125 Å². The quantitative estimate of drug-likeness (QED) is 0.721. The maximum Gasteiger partial charge on any atom is 0.303 e. The van der Waals surface area contributed by atoms with Crippen LogP contribution in [0, 0.1) is 5.92 Å². The molecule has 2 atom stereocenters. The van der Waals surface area contributed by atoms with Crippen LogP contribution in [0.2, 0.25) is 0 Å². The molecule has 0 saturated heterocycles. The molecule has 1 aromatic rings. The first-order valence-electron chi connectivity index (χ1n) is 7.08. The standard InChI is InChI=1S/C16H23NO4/c1-11(2)4-6-14(12(3)5-7-15(18)19)17-16(20)13-8-9-21-10-13/h4,8-10,12,14H,5-7H2,1-3H3,(H,17,20)(H,18,19)/t12-,14+/m1/s1. The summed E-state index contributed by atoms with van der Waals surface area (Å²) in [5.74, 6) is -0.936. The average Bonchev–Trinajstić information content (AvgIpc) is 2.94. The van der Waals surface area contributed by atoms with Crippen LogP contribution in [-0.2, 0) is 4.79 Å². The lowest BCUT2D eigenvalue weighted by atomic mass is 9.93. The molecular weight excluding hydrogens is 270 g/mol. The molecule has 0 spiro atoms. The van der Waals surface area contributed by atoms with Crippen molar-refractivity contribution in [2.24, 2.45) is 5.92 Å². The van der Waals surface area contributed by atoms with Gasteiger partial charge in [0, 0.05) is 12.5 Å². The molecule has 116 valence electrons. The molecule has 1 heterocycles. The van der Waals surface area contributed by atoms with Crippen molar-refractivity contribution < 1.29 is 19.1 Å². The molecule has 1 rings (SSSR count). The molecule has 0 radical (unpaired) electrons. The van der Waals surface area contributed by atoms with Crippen molar-refractivity contribution in [1.82, 2.24) is 5.32 Å². The number of furan rings is 1. The first-order valence-corrected chi connectivity index (χ1v) is 7.08. The predicted octanol–water partition coefficient (Wildman–Crippen LogP) is 3.24. The molecule has 0 aliphatic rings. The fraction of sp³-hybridized carbons (Fsp3) is 0.500. The van der Waals surface area contributed by atoms with Crippen molar-refractivity contribution in [3.8, 4) is 0 Å². The minimum atomic E-state index is -0.816. The number of carboxylic acids is 1. The third kappa shape index (κ3) is 6.29. The largest absolute Gasteiger partial charge is 0.481 e. The Morgan fingerprint density at radius 2 is 2.14 bits per heavy atom. The van der Waals surface area contributed by atoms with Crippen molar-refractivity contribution in [2.75, 3.05) is 0 Å². The Balaban J connectivity index is 2.69. The highest BCUT2D eigenvalue weighted by Crippen LogP contribution is 2.16. The van der Waals surface area contributed by atoms with Crippen molar-refractivity contribution >= 4 is 11.9 Å². The zero-order valence-corrected chi connectivity index (χ0v) is 12.8. The van der Waals surface area contributed by atoms with Gasteiger partial charge >= 0.3 is 5.97 Å². The first-order chi connectivity index (χ1) is 9.90. The van der Waals surface area contributed by atoms with E-state index in [1.807, 2.05) is 20.8 Å². The Morgan fingerprint density at radius 1 is 1.43 bits per heavy atom. The third-order valence-corrected chi connectivity index (χ3v) is 3.38. The zero-order valence-electron chi connectivity index (χ0n) is 12.8. The van der Waals surface area contributed by atoms with Gasteiger partial charge in [0.1, 0.15) is 6.26 Å². The van der Waals surface area contributed by atoms with Crippen LogP contribution in [0.4, 0.5) is 0 Å². The summed E-state index contributed by atoms with van der Waals surface area (Å²) in [6.45, 7) is 5.95. The van der Waals surface area contributed by atoms with Gasteiger partial charge in [-0.15, -0.1) is 0 Å². The Bertz CT molecular complexity index is 486. The van der Waals surface area contributed by atoms with Crippen LogP contribution in [0.15, 0.2) is 34.7 Å². The summed E-state index contributed by atoms with van der Waals surface area (Å²) in [4.78, 5) is 22.8. The maximum absolute atomic E-state index is 12.1. The minimum Gasteiger partial charge on any atom is -0.481 e. The second-order valence-corrected chi connectivity index (χ2v) is 5.52. The Hall–Kier alpha value is -2.04. The van der Waals surface area contributed by atoms with Crippen LogP contribution < -0.4 is 5.32 Å². The molecular formula is C16H23NO4. The van der Waals surface area contributed by atoms with Gasteiger partial charge in [0.25, 0.3) is 5.91 Å². The molecule has 0 aromatic carbocycles. The summed E-state index contributed by atoms with van der Waals surface area (Å²) in [7, 11) is 0. The number of aliphatic carboxylic acids is 1. The number of carbonyl (C=O) groups excluding carboxylic acids is 1. The summed E-state index contributed by atoms with van der Waals surface area (Å²) in [5.41, 5.74) is 1.64. The lowest BCUT2D eigenvalue weighted by Gasteiger charge is -2.24. The van der Waals surface area contributed by atoms with E-state index in [4.69, 9.17) is 9.52 Å². The number of allylic oxidation sites excluding steroid dienone is 1. The molecule has 1 aromatic heterocycles. The van der Waals surface area contributed by atoms with Crippen LogP contribution in [0.1, 0.15) is 50.4 Å². The number of carbonyl (C=O) groups is 2. The summed E-state index contributed by atoms with van der Waals surface area (Å²) in [6.07, 6.45) is 6.23. The van der Waals surface area contributed by atoms with E-state index in [0.29, 0.717) is 18.4 Å². The monoisotopic (exact) mass is 293 g/mol. The summed E-state index contributed by atoms with van der Waals surface area (Å²) < 4.78 is 4.90. The number of rotatable bonds is 8. The summed E-state index contributed by atoms with van der Waals surface area (Å²) >= 11 is 0. The second kappa shape index (κ2) is 8.29. The van der Waals surface area contributed by atoms with Gasteiger partial charge in [-0.3, -0.25) is 9.59 Å². The number of hydrogen-bond donors (Lipinski definition) is 2. The van der Waals surface area contributed by atoms with Gasteiger partial charge in [-0.05, 0) is 38.7 Å². The molecule has 0 unspecified atom stereocenters. The minimum absolute atomic E-state index is 0.0764. The third-order valence-electron chi connectivity index (χ3n) is 3.38. The average molecular weight is 293 g/mol. The number of hydrogen-bond acceptors (Lipinski definition) is 3. The van der Waals surface area contributed by atoms with Gasteiger partial charge in [0.05, 0.1) is 11.8 Å². The van der Waals surface area contributed by atoms with E-state index < -0.39 is 5.97 Å². The van der Waals surface area contributed by atoms with Crippen molar-refractivity contribution in [1.29, 1.82) is 0 Å².